The third-order valence-corrected chi connectivity index (χ3v) is 4.03. The van der Waals surface area contributed by atoms with Crippen LogP contribution in [0.2, 0.25) is 0 Å². The molecule has 1 aromatic heterocycles. The highest BCUT2D eigenvalue weighted by molar-refractivity contribution is 9.10. The van der Waals surface area contributed by atoms with Gasteiger partial charge in [0.25, 0.3) is 5.56 Å². The fraction of sp³-hybridized carbons (Fsp3) is 0.188. The van der Waals surface area contributed by atoms with Crippen LogP contribution in [0.1, 0.15) is 22.4 Å². The molecule has 116 valence electrons. The van der Waals surface area contributed by atoms with Gasteiger partial charge in [-0.1, -0.05) is 0 Å². The average molecular weight is 374 g/mol. The number of nitriles is 1. The third kappa shape index (κ3) is 2.73. The highest BCUT2D eigenvalue weighted by atomic mass is 79.9. The first kappa shape index (κ1) is 15.3. The minimum atomic E-state index is -0.430. The molecule has 0 spiro atoms. The van der Waals surface area contributed by atoms with E-state index in [9.17, 15) is 4.79 Å². The van der Waals surface area contributed by atoms with Crippen LogP contribution in [0.15, 0.2) is 32.6 Å². The topological polar surface area (TPSA) is 76.6 Å². The van der Waals surface area contributed by atoms with E-state index in [0.717, 1.165) is 10.0 Å². The summed E-state index contributed by atoms with van der Waals surface area (Å²) in [5.74, 6) is 1.27. The highest BCUT2D eigenvalue weighted by Gasteiger charge is 2.17. The molecule has 0 amide bonds. The fourth-order valence-corrected chi connectivity index (χ4v) is 2.92. The van der Waals surface area contributed by atoms with E-state index in [1.165, 1.54) is 10.9 Å². The molecule has 0 saturated carbocycles. The largest absolute Gasteiger partial charge is 0.454 e. The van der Waals surface area contributed by atoms with Crippen molar-refractivity contribution in [1.82, 2.24) is 4.68 Å². The molecule has 0 unspecified atom stereocenters. The van der Waals surface area contributed by atoms with Gasteiger partial charge in [0.05, 0.1) is 10.7 Å². The molecular weight excluding hydrogens is 362 g/mol. The SMILES string of the molecule is Cc1cc(C)n(/N=C\c2cc(Br)c3c(c2)OCO3)c(=O)c1C#N. The van der Waals surface area contributed by atoms with E-state index in [1.54, 1.807) is 26.0 Å². The predicted octanol–water partition coefficient (Wildman–Crippen LogP) is 2.71. The maximum absolute atomic E-state index is 12.3. The summed E-state index contributed by atoms with van der Waals surface area (Å²) < 4.78 is 12.6. The van der Waals surface area contributed by atoms with Gasteiger partial charge in [-0.15, -0.1) is 0 Å². The number of pyridine rings is 1. The first-order valence-electron chi connectivity index (χ1n) is 6.78. The molecule has 1 aliphatic heterocycles. The van der Waals surface area contributed by atoms with Crippen LogP contribution in [-0.4, -0.2) is 17.7 Å². The molecule has 2 heterocycles. The van der Waals surface area contributed by atoms with E-state index in [0.29, 0.717) is 22.8 Å². The summed E-state index contributed by atoms with van der Waals surface area (Å²) in [5, 5.41) is 13.3. The molecular formula is C16H12BrN3O3. The summed E-state index contributed by atoms with van der Waals surface area (Å²) in [6.45, 7) is 3.68. The Kier molecular flexibility index (Phi) is 3.92. The molecule has 1 aliphatic rings. The molecule has 1 aromatic carbocycles. The maximum Gasteiger partial charge on any atom is 0.289 e. The molecule has 3 rings (SSSR count). The van der Waals surface area contributed by atoms with Crippen LogP contribution in [-0.2, 0) is 0 Å². The highest BCUT2D eigenvalue weighted by Crippen LogP contribution is 2.39. The van der Waals surface area contributed by atoms with Crippen LogP contribution in [0, 0.1) is 25.2 Å². The number of fused-ring (bicyclic) bond motifs is 1. The van der Waals surface area contributed by atoms with Crippen molar-refractivity contribution in [2.45, 2.75) is 13.8 Å². The van der Waals surface area contributed by atoms with Crippen LogP contribution < -0.4 is 15.0 Å². The number of ether oxygens (including phenoxy) is 2. The van der Waals surface area contributed by atoms with E-state index >= 15 is 0 Å². The first-order valence-corrected chi connectivity index (χ1v) is 7.57. The van der Waals surface area contributed by atoms with Gasteiger partial charge in [-0.25, -0.2) is 4.68 Å². The average Bonchev–Trinajstić information content (AvgIpc) is 2.96. The lowest BCUT2D eigenvalue weighted by molar-refractivity contribution is 0.173. The lowest BCUT2D eigenvalue weighted by Gasteiger charge is -2.06. The number of rotatable bonds is 2. The Balaban J connectivity index is 2.04. The second-order valence-electron chi connectivity index (χ2n) is 5.05. The van der Waals surface area contributed by atoms with E-state index < -0.39 is 5.56 Å². The Labute approximate surface area is 140 Å². The molecule has 6 nitrogen and oxygen atoms in total. The summed E-state index contributed by atoms with van der Waals surface area (Å²) >= 11 is 3.41. The van der Waals surface area contributed by atoms with Gasteiger partial charge < -0.3 is 9.47 Å². The maximum atomic E-state index is 12.3. The van der Waals surface area contributed by atoms with Crippen molar-refractivity contribution >= 4 is 22.1 Å². The number of aryl methyl sites for hydroxylation is 2. The Morgan fingerprint density at radius 1 is 1.35 bits per heavy atom. The van der Waals surface area contributed by atoms with Crippen molar-refractivity contribution in [1.29, 1.82) is 5.26 Å². The molecule has 0 fully saturated rings. The Hall–Kier alpha value is -2.59. The van der Waals surface area contributed by atoms with Crippen molar-refractivity contribution in [3.05, 3.63) is 55.4 Å². The molecule has 0 N–H and O–H groups in total. The molecule has 0 saturated heterocycles. The molecule has 0 aliphatic carbocycles. The van der Waals surface area contributed by atoms with Gasteiger partial charge in [0.15, 0.2) is 11.5 Å². The molecule has 0 atom stereocenters. The second-order valence-corrected chi connectivity index (χ2v) is 5.91. The monoisotopic (exact) mass is 373 g/mol. The summed E-state index contributed by atoms with van der Waals surface area (Å²) in [7, 11) is 0. The lowest BCUT2D eigenvalue weighted by Crippen LogP contribution is -2.22. The standard InChI is InChI=1S/C16H12BrN3O3/c1-9-3-10(2)20(16(21)12(9)6-18)19-7-11-4-13(17)15-14(5-11)22-8-23-15/h3-5,7H,8H2,1-2H3/b19-7-. The lowest BCUT2D eigenvalue weighted by atomic mass is 10.1. The Morgan fingerprint density at radius 2 is 2.13 bits per heavy atom. The van der Waals surface area contributed by atoms with Gasteiger partial charge in [-0.05, 0) is 59.1 Å². The van der Waals surface area contributed by atoms with Crippen molar-refractivity contribution in [3.8, 4) is 17.6 Å². The molecule has 0 radical (unpaired) electrons. The van der Waals surface area contributed by atoms with Gasteiger partial charge in [-0.2, -0.15) is 10.4 Å². The van der Waals surface area contributed by atoms with Crippen molar-refractivity contribution in [2.75, 3.05) is 6.79 Å². The molecule has 2 aromatic rings. The Morgan fingerprint density at radius 3 is 2.87 bits per heavy atom. The van der Waals surface area contributed by atoms with Crippen molar-refractivity contribution < 1.29 is 9.47 Å². The van der Waals surface area contributed by atoms with Crippen LogP contribution in [0.25, 0.3) is 0 Å². The number of hydrogen-bond donors (Lipinski definition) is 0. The number of nitrogens with zero attached hydrogens (tertiary/aromatic N) is 3. The summed E-state index contributed by atoms with van der Waals surface area (Å²) in [5.41, 5.74) is 1.71. The minimum absolute atomic E-state index is 0.0969. The van der Waals surface area contributed by atoms with Crippen LogP contribution in [0.3, 0.4) is 0 Å². The van der Waals surface area contributed by atoms with E-state index in [1.807, 2.05) is 12.1 Å². The zero-order chi connectivity index (χ0) is 16.6. The van der Waals surface area contributed by atoms with Gasteiger partial charge in [-0.3, -0.25) is 4.79 Å². The van der Waals surface area contributed by atoms with Gasteiger partial charge >= 0.3 is 0 Å². The van der Waals surface area contributed by atoms with Crippen LogP contribution >= 0.6 is 15.9 Å². The number of benzene rings is 1. The first-order chi connectivity index (χ1) is 11.0. The smallest absolute Gasteiger partial charge is 0.289 e. The number of halogens is 1. The molecule has 7 heteroatoms. The second kappa shape index (κ2) is 5.89. The van der Waals surface area contributed by atoms with E-state index in [4.69, 9.17) is 14.7 Å². The van der Waals surface area contributed by atoms with Crippen LogP contribution in [0.5, 0.6) is 11.5 Å². The predicted molar refractivity (Wildman–Crippen MR) is 88.1 cm³/mol. The van der Waals surface area contributed by atoms with Crippen molar-refractivity contribution in [2.24, 2.45) is 5.10 Å². The zero-order valence-electron chi connectivity index (χ0n) is 12.5. The summed E-state index contributed by atoms with van der Waals surface area (Å²) in [6.07, 6.45) is 1.54. The van der Waals surface area contributed by atoms with Crippen LogP contribution in [0.4, 0.5) is 0 Å². The van der Waals surface area contributed by atoms with Gasteiger partial charge in [0.1, 0.15) is 11.6 Å². The van der Waals surface area contributed by atoms with Crippen molar-refractivity contribution in [3.63, 3.8) is 0 Å². The quantitative estimate of drug-likeness (QED) is 0.758. The molecule has 23 heavy (non-hydrogen) atoms. The normalized spacial score (nSPS) is 12.6. The zero-order valence-corrected chi connectivity index (χ0v) is 14.0. The number of aromatic nitrogens is 1. The summed E-state index contributed by atoms with van der Waals surface area (Å²) in [6, 6.07) is 7.27. The third-order valence-electron chi connectivity index (χ3n) is 3.44. The summed E-state index contributed by atoms with van der Waals surface area (Å²) in [4.78, 5) is 12.3. The Bertz CT molecular complexity index is 926. The number of hydrogen-bond acceptors (Lipinski definition) is 5. The minimum Gasteiger partial charge on any atom is -0.454 e. The van der Waals surface area contributed by atoms with Gasteiger partial charge in [0, 0.05) is 5.69 Å². The molecule has 0 bridgehead atoms. The van der Waals surface area contributed by atoms with E-state index in [2.05, 4.69) is 21.0 Å². The fourth-order valence-electron chi connectivity index (χ4n) is 2.35. The van der Waals surface area contributed by atoms with E-state index in [-0.39, 0.29) is 12.4 Å². The van der Waals surface area contributed by atoms with Gasteiger partial charge in [0.2, 0.25) is 6.79 Å².